The molecule has 1 aromatic carbocycles. The molecule has 0 N–H and O–H groups in total. The molecule has 2 heterocycles. The van der Waals surface area contributed by atoms with Gasteiger partial charge in [-0.1, -0.05) is 12.1 Å². The van der Waals surface area contributed by atoms with Gasteiger partial charge in [-0.3, -0.25) is 4.90 Å². The van der Waals surface area contributed by atoms with Gasteiger partial charge in [0, 0.05) is 12.1 Å². The van der Waals surface area contributed by atoms with E-state index in [0.29, 0.717) is 30.2 Å². The van der Waals surface area contributed by atoms with Gasteiger partial charge in [-0.25, -0.2) is 8.42 Å². The SMILES string of the molecule is CCOc1ccc(C2CCCN2C2CCS(=O)(=O)CC2)cc1. The zero-order valence-corrected chi connectivity index (χ0v) is 14.0. The number of ether oxygens (including phenoxy) is 1. The fourth-order valence-electron chi connectivity index (χ4n) is 3.75. The molecule has 22 heavy (non-hydrogen) atoms. The second-order valence-electron chi connectivity index (χ2n) is 6.28. The normalized spacial score (nSPS) is 26.1. The second-order valence-corrected chi connectivity index (χ2v) is 8.58. The van der Waals surface area contributed by atoms with Gasteiger partial charge in [-0.05, 0) is 56.8 Å². The molecule has 0 saturated carbocycles. The summed E-state index contributed by atoms with van der Waals surface area (Å²) in [6, 6.07) is 9.26. The van der Waals surface area contributed by atoms with Crippen molar-refractivity contribution in [3.8, 4) is 5.75 Å². The Morgan fingerprint density at radius 1 is 1.14 bits per heavy atom. The van der Waals surface area contributed by atoms with Crippen molar-refractivity contribution in [2.75, 3.05) is 24.7 Å². The zero-order valence-electron chi connectivity index (χ0n) is 13.2. The van der Waals surface area contributed by atoms with Crippen LogP contribution in [0.4, 0.5) is 0 Å². The van der Waals surface area contributed by atoms with Crippen LogP contribution in [-0.2, 0) is 9.84 Å². The van der Waals surface area contributed by atoms with Crippen LogP contribution in [0.25, 0.3) is 0 Å². The van der Waals surface area contributed by atoms with Crippen LogP contribution in [0.1, 0.15) is 44.2 Å². The summed E-state index contributed by atoms with van der Waals surface area (Å²) in [7, 11) is -2.78. The summed E-state index contributed by atoms with van der Waals surface area (Å²) in [5, 5.41) is 0. The molecule has 0 spiro atoms. The molecule has 2 aliphatic heterocycles. The van der Waals surface area contributed by atoms with Gasteiger partial charge in [0.1, 0.15) is 15.6 Å². The first-order valence-corrected chi connectivity index (χ1v) is 10.1. The van der Waals surface area contributed by atoms with Crippen LogP contribution in [0, 0.1) is 0 Å². The number of rotatable bonds is 4. The van der Waals surface area contributed by atoms with Crippen LogP contribution in [0.2, 0.25) is 0 Å². The summed E-state index contributed by atoms with van der Waals surface area (Å²) in [6.45, 7) is 3.76. The maximum atomic E-state index is 11.6. The Bertz CT molecular complexity index is 583. The standard InChI is InChI=1S/C17H25NO3S/c1-2-21-16-7-5-14(6-8-16)17-4-3-11-18(17)15-9-12-22(19,20)13-10-15/h5-8,15,17H,2-4,9-13H2,1H3. The maximum absolute atomic E-state index is 11.6. The van der Waals surface area contributed by atoms with Crippen molar-refractivity contribution < 1.29 is 13.2 Å². The van der Waals surface area contributed by atoms with E-state index in [9.17, 15) is 8.42 Å². The van der Waals surface area contributed by atoms with Gasteiger partial charge in [0.05, 0.1) is 18.1 Å². The molecule has 122 valence electrons. The van der Waals surface area contributed by atoms with E-state index in [1.165, 1.54) is 12.0 Å². The van der Waals surface area contributed by atoms with Crippen molar-refractivity contribution in [3.05, 3.63) is 29.8 Å². The summed E-state index contributed by atoms with van der Waals surface area (Å²) < 4.78 is 28.8. The Kier molecular flexibility index (Phi) is 4.73. The Morgan fingerprint density at radius 3 is 2.45 bits per heavy atom. The molecule has 2 saturated heterocycles. The Hall–Kier alpha value is -1.07. The van der Waals surface area contributed by atoms with Crippen molar-refractivity contribution in [2.24, 2.45) is 0 Å². The van der Waals surface area contributed by atoms with Gasteiger partial charge in [-0.2, -0.15) is 0 Å². The second kappa shape index (κ2) is 6.59. The lowest BCUT2D eigenvalue weighted by atomic mass is 10.0. The molecular formula is C17H25NO3S. The molecule has 4 nitrogen and oxygen atoms in total. The van der Waals surface area contributed by atoms with E-state index < -0.39 is 9.84 Å². The van der Waals surface area contributed by atoms with E-state index in [-0.39, 0.29) is 0 Å². The summed E-state index contributed by atoms with van der Waals surface area (Å²) in [5.41, 5.74) is 1.33. The Balaban J connectivity index is 1.70. The molecule has 0 radical (unpaired) electrons. The fourth-order valence-corrected chi connectivity index (χ4v) is 5.21. The molecule has 3 rings (SSSR count). The van der Waals surface area contributed by atoms with Crippen molar-refractivity contribution >= 4 is 9.84 Å². The molecule has 2 aliphatic rings. The maximum Gasteiger partial charge on any atom is 0.150 e. The third-order valence-electron chi connectivity index (χ3n) is 4.86. The Labute approximate surface area is 133 Å². The predicted molar refractivity (Wildman–Crippen MR) is 88.0 cm³/mol. The monoisotopic (exact) mass is 323 g/mol. The van der Waals surface area contributed by atoms with Gasteiger partial charge in [-0.15, -0.1) is 0 Å². The summed E-state index contributed by atoms with van der Waals surface area (Å²) in [4.78, 5) is 2.53. The van der Waals surface area contributed by atoms with Crippen LogP contribution in [-0.4, -0.2) is 44.0 Å². The van der Waals surface area contributed by atoms with Gasteiger partial charge >= 0.3 is 0 Å². The average Bonchev–Trinajstić information content (AvgIpc) is 2.98. The van der Waals surface area contributed by atoms with Gasteiger partial charge < -0.3 is 4.74 Å². The summed E-state index contributed by atoms with van der Waals surface area (Å²) in [6.07, 6.45) is 3.93. The lowest BCUT2D eigenvalue weighted by molar-refractivity contribution is 0.168. The minimum atomic E-state index is -2.78. The third kappa shape index (κ3) is 3.46. The van der Waals surface area contributed by atoms with Crippen molar-refractivity contribution in [1.29, 1.82) is 0 Å². The molecule has 0 aromatic heterocycles. The topological polar surface area (TPSA) is 46.6 Å². The van der Waals surface area contributed by atoms with Crippen LogP contribution in [0.5, 0.6) is 5.75 Å². The molecule has 0 amide bonds. The summed E-state index contributed by atoms with van der Waals surface area (Å²) >= 11 is 0. The van der Waals surface area contributed by atoms with E-state index in [1.54, 1.807) is 0 Å². The molecule has 1 aromatic rings. The highest BCUT2D eigenvalue weighted by molar-refractivity contribution is 7.91. The quantitative estimate of drug-likeness (QED) is 0.855. The van der Waals surface area contributed by atoms with E-state index in [2.05, 4.69) is 17.0 Å². The minimum Gasteiger partial charge on any atom is -0.494 e. The summed E-state index contributed by atoms with van der Waals surface area (Å²) in [5.74, 6) is 1.62. The first-order valence-electron chi connectivity index (χ1n) is 8.28. The molecule has 2 fully saturated rings. The zero-order chi connectivity index (χ0) is 15.6. The predicted octanol–water partition coefficient (Wildman–Crippen LogP) is 2.80. The first kappa shape index (κ1) is 15.8. The van der Waals surface area contributed by atoms with E-state index in [4.69, 9.17) is 4.74 Å². The van der Waals surface area contributed by atoms with Gasteiger partial charge in [0.15, 0.2) is 0 Å². The molecule has 0 aliphatic carbocycles. The fraction of sp³-hybridized carbons (Fsp3) is 0.647. The van der Waals surface area contributed by atoms with Crippen molar-refractivity contribution in [3.63, 3.8) is 0 Å². The van der Waals surface area contributed by atoms with Crippen molar-refractivity contribution in [2.45, 2.75) is 44.7 Å². The molecule has 1 unspecified atom stereocenters. The van der Waals surface area contributed by atoms with E-state index >= 15 is 0 Å². The van der Waals surface area contributed by atoms with E-state index in [0.717, 1.165) is 31.6 Å². The number of nitrogens with zero attached hydrogens (tertiary/aromatic N) is 1. The van der Waals surface area contributed by atoms with Crippen LogP contribution in [0.15, 0.2) is 24.3 Å². The van der Waals surface area contributed by atoms with Crippen LogP contribution in [0.3, 0.4) is 0 Å². The van der Waals surface area contributed by atoms with Crippen LogP contribution >= 0.6 is 0 Å². The molecular weight excluding hydrogens is 298 g/mol. The van der Waals surface area contributed by atoms with E-state index in [1.807, 2.05) is 19.1 Å². The third-order valence-corrected chi connectivity index (χ3v) is 6.58. The number of hydrogen-bond donors (Lipinski definition) is 0. The highest BCUT2D eigenvalue weighted by Crippen LogP contribution is 2.36. The number of benzene rings is 1. The lowest BCUT2D eigenvalue weighted by Gasteiger charge is -2.35. The molecule has 1 atom stereocenters. The molecule has 0 bridgehead atoms. The minimum absolute atomic E-state index is 0.351. The van der Waals surface area contributed by atoms with Gasteiger partial charge in [0.2, 0.25) is 0 Å². The van der Waals surface area contributed by atoms with Crippen LogP contribution < -0.4 is 4.74 Å². The highest BCUT2D eigenvalue weighted by Gasteiger charge is 2.35. The first-order chi connectivity index (χ1) is 10.6. The molecule has 5 heteroatoms. The number of likely N-dealkylation sites (tertiary alicyclic amines) is 1. The highest BCUT2D eigenvalue weighted by atomic mass is 32.2. The lowest BCUT2D eigenvalue weighted by Crippen LogP contribution is -2.40. The van der Waals surface area contributed by atoms with Gasteiger partial charge in [0.25, 0.3) is 0 Å². The Morgan fingerprint density at radius 2 is 1.82 bits per heavy atom. The average molecular weight is 323 g/mol. The largest absolute Gasteiger partial charge is 0.494 e. The smallest absolute Gasteiger partial charge is 0.150 e. The number of sulfone groups is 1. The van der Waals surface area contributed by atoms with Crippen molar-refractivity contribution in [1.82, 2.24) is 4.90 Å². The number of hydrogen-bond acceptors (Lipinski definition) is 4.